The molecule has 0 radical (unpaired) electrons. The first-order chi connectivity index (χ1) is 14.3. The van der Waals surface area contributed by atoms with E-state index in [9.17, 15) is 15.0 Å². The summed E-state index contributed by atoms with van der Waals surface area (Å²) in [5, 5.41) is 24.3. The number of aromatic hydroxyl groups is 2. The van der Waals surface area contributed by atoms with Crippen LogP contribution in [0.5, 0.6) is 17.2 Å². The SMILES string of the molecule is O=C(N/N=C\c1cc(Cl)ccc1OCc1c(Cl)cccc1Cl)c1cc(O)cc(O)c1. The lowest BCUT2D eigenvalue weighted by Crippen LogP contribution is -2.17. The fourth-order valence-corrected chi connectivity index (χ4v) is 3.21. The quantitative estimate of drug-likeness (QED) is 0.336. The number of rotatable bonds is 6. The second-order valence-electron chi connectivity index (χ2n) is 6.11. The van der Waals surface area contributed by atoms with E-state index in [1.807, 2.05) is 0 Å². The molecule has 1 amide bonds. The summed E-state index contributed by atoms with van der Waals surface area (Å²) < 4.78 is 5.82. The molecule has 0 fully saturated rings. The Morgan fingerprint density at radius 1 is 1.00 bits per heavy atom. The van der Waals surface area contributed by atoms with Gasteiger partial charge in [-0.15, -0.1) is 0 Å². The molecule has 154 valence electrons. The summed E-state index contributed by atoms with van der Waals surface area (Å²) in [6.07, 6.45) is 1.36. The number of amides is 1. The second kappa shape index (κ2) is 9.71. The highest BCUT2D eigenvalue weighted by molar-refractivity contribution is 6.36. The van der Waals surface area contributed by atoms with Crippen LogP contribution in [0.4, 0.5) is 0 Å². The Morgan fingerprint density at radius 3 is 2.33 bits per heavy atom. The number of phenols is 2. The van der Waals surface area contributed by atoms with E-state index in [0.29, 0.717) is 31.9 Å². The molecular weight excluding hydrogens is 451 g/mol. The molecular formula is C21H15Cl3N2O4. The van der Waals surface area contributed by atoms with Gasteiger partial charge in [0.1, 0.15) is 23.9 Å². The van der Waals surface area contributed by atoms with Crippen molar-refractivity contribution >= 4 is 46.9 Å². The first-order valence-electron chi connectivity index (χ1n) is 8.55. The standard InChI is InChI=1S/C21H15Cl3N2O4/c22-14-4-5-20(30-11-17-18(23)2-1-3-19(17)24)13(6-14)10-25-26-21(29)12-7-15(27)9-16(28)8-12/h1-10,27-28H,11H2,(H,26,29)/b25-10-. The Balaban J connectivity index is 1.74. The van der Waals surface area contributed by atoms with Gasteiger partial charge in [-0.05, 0) is 42.5 Å². The number of hydrogen-bond donors (Lipinski definition) is 3. The molecule has 3 rings (SSSR count). The maximum atomic E-state index is 12.1. The van der Waals surface area contributed by atoms with Crippen molar-refractivity contribution in [1.82, 2.24) is 5.43 Å². The Morgan fingerprint density at radius 2 is 1.67 bits per heavy atom. The highest BCUT2D eigenvalue weighted by atomic mass is 35.5. The summed E-state index contributed by atoms with van der Waals surface area (Å²) in [6.45, 7) is 0.121. The van der Waals surface area contributed by atoms with Crippen LogP contribution in [-0.2, 0) is 6.61 Å². The van der Waals surface area contributed by atoms with Crippen LogP contribution in [-0.4, -0.2) is 22.3 Å². The lowest BCUT2D eigenvalue weighted by Gasteiger charge is -2.12. The van der Waals surface area contributed by atoms with Gasteiger partial charge in [-0.1, -0.05) is 40.9 Å². The smallest absolute Gasteiger partial charge is 0.271 e. The molecule has 0 heterocycles. The minimum atomic E-state index is -0.621. The molecule has 30 heavy (non-hydrogen) atoms. The number of carbonyl (C=O) groups is 1. The largest absolute Gasteiger partial charge is 0.508 e. The first kappa shape index (κ1) is 21.8. The van der Waals surface area contributed by atoms with Gasteiger partial charge in [-0.2, -0.15) is 5.10 Å². The number of ether oxygens (including phenoxy) is 1. The van der Waals surface area contributed by atoms with Gasteiger partial charge >= 0.3 is 0 Å². The van der Waals surface area contributed by atoms with Gasteiger partial charge in [0, 0.05) is 37.8 Å². The van der Waals surface area contributed by atoms with Gasteiger partial charge in [-0.3, -0.25) is 4.79 Å². The van der Waals surface area contributed by atoms with E-state index in [2.05, 4.69) is 10.5 Å². The van der Waals surface area contributed by atoms with Crippen LogP contribution in [0.1, 0.15) is 21.5 Å². The molecule has 0 bridgehead atoms. The zero-order chi connectivity index (χ0) is 21.7. The molecule has 0 aliphatic heterocycles. The van der Waals surface area contributed by atoms with Gasteiger partial charge in [0.15, 0.2) is 0 Å². The van der Waals surface area contributed by atoms with E-state index in [1.54, 1.807) is 36.4 Å². The fourth-order valence-electron chi connectivity index (χ4n) is 2.52. The molecule has 0 spiro atoms. The van der Waals surface area contributed by atoms with E-state index in [1.165, 1.54) is 18.3 Å². The summed E-state index contributed by atoms with van der Waals surface area (Å²) in [5.41, 5.74) is 3.49. The van der Waals surface area contributed by atoms with Crippen LogP contribution in [0.2, 0.25) is 15.1 Å². The third-order valence-corrected chi connectivity index (χ3v) is 4.88. The number of benzene rings is 3. The fraction of sp³-hybridized carbons (Fsp3) is 0.0476. The van der Waals surface area contributed by atoms with Crippen molar-refractivity contribution in [2.24, 2.45) is 5.10 Å². The average Bonchev–Trinajstić information content (AvgIpc) is 2.68. The van der Waals surface area contributed by atoms with Crippen molar-refractivity contribution in [1.29, 1.82) is 0 Å². The molecule has 3 aromatic rings. The van der Waals surface area contributed by atoms with E-state index >= 15 is 0 Å². The van der Waals surface area contributed by atoms with Crippen molar-refractivity contribution in [3.05, 3.63) is 86.4 Å². The topological polar surface area (TPSA) is 91.2 Å². The summed E-state index contributed by atoms with van der Waals surface area (Å²) >= 11 is 18.4. The Hall–Kier alpha value is -2.93. The predicted octanol–water partition coefficient (Wildman–Crippen LogP) is 5.40. The van der Waals surface area contributed by atoms with Crippen molar-refractivity contribution in [2.45, 2.75) is 6.61 Å². The number of nitrogens with one attached hydrogen (secondary N) is 1. The van der Waals surface area contributed by atoms with Crippen LogP contribution >= 0.6 is 34.8 Å². The Bertz CT molecular complexity index is 1080. The van der Waals surface area contributed by atoms with Crippen molar-refractivity contribution < 1.29 is 19.7 Å². The van der Waals surface area contributed by atoms with E-state index < -0.39 is 5.91 Å². The molecule has 0 unspecified atom stereocenters. The molecule has 0 saturated heterocycles. The van der Waals surface area contributed by atoms with Gasteiger partial charge in [0.2, 0.25) is 0 Å². The number of hydrazone groups is 1. The van der Waals surface area contributed by atoms with Gasteiger partial charge < -0.3 is 14.9 Å². The van der Waals surface area contributed by atoms with E-state index in [4.69, 9.17) is 39.5 Å². The molecule has 0 atom stereocenters. The highest BCUT2D eigenvalue weighted by Crippen LogP contribution is 2.28. The number of halogens is 3. The normalized spacial score (nSPS) is 10.9. The van der Waals surface area contributed by atoms with Gasteiger partial charge in [0.25, 0.3) is 5.91 Å². The van der Waals surface area contributed by atoms with Crippen LogP contribution in [0, 0.1) is 0 Å². The molecule has 3 aromatic carbocycles. The highest BCUT2D eigenvalue weighted by Gasteiger charge is 2.10. The van der Waals surface area contributed by atoms with Crippen molar-refractivity contribution in [2.75, 3.05) is 0 Å². The Kier molecular flexibility index (Phi) is 7.05. The van der Waals surface area contributed by atoms with Gasteiger partial charge in [0.05, 0.1) is 6.21 Å². The molecule has 6 nitrogen and oxygen atoms in total. The second-order valence-corrected chi connectivity index (χ2v) is 7.36. The maximum absolute atomic E-state index is 12.1. The van der Waals surface area contributed by atoms with Crippen molar-refractivity contribution in [3.8, 4) is 17.2 Å². The molecule has 0 aliphatic rings. The average molecular weight is 466 g/mol. The lowest BCUT2D eigenvalue weighted by molar-refractivity contribution is 0.0954. The zero-order valence-corrected chi connectivity index (χ0v) is 17.5. The third kappa shape index (κ3) is 5.57. The Labute approximate surface area is 187 Å². The van der Waals surface area contributed by atoms with Gasteiger partial charge in [-0.25, -0.2) is 5.43 Å². The van der Waals surface area contributed by atoms with Crippen LogP contribution < -0.4 is 10.2 Å². The minimum Gasteiger partial charge on any atom is -0.508 e. The summed E-state index contributed by atoms with van der Waals surface area (Å²) in [6, 6.07) is 13.6. The van der Waals surface area contributed by atoms with Crippen LogP contribution in [0.25, 0.3) is 0 Å². The van der Waals surface area contributed by atoms with Crippen LogP contribution in [0.3, 0.4) is 0 Å². The van der Waals surface area contributed by atoms with Crippen molar-refractivity contribution in [3.63, 3.8) is 0 Å². The molecule has 0 aromatic heterocycles. The number of hydrogen-bond acceptors (Lipinski definition) is 5. The summed E-state index contributed by atoms with van der Waals surface area (Å²) in [4.78, 5) is 12.1. The van der Waals surface area contributed by atoms with E-state index in [-0.39, 0.29) is 23.7 Å². The maximum Gasteiger partial charge on any atom is 0.271 e. The zero-order valence-electron chi connectivity index (χ0n) is 15.3. The monoisotopic (exact) mass is 464 g/mol. The lowest BCUT2D eigenvalue weighted by atomic mass is 10.2. The number of phenolic OH excluding ortho intramolecular Hbond substituents is 2. The number of carbonyl (C=O) groups excluding carboxylic acids is 1. The predicted molar refractivity (Wildman–Crippen MR) is 117 cm³/mol. The number of nitrogens with zero attached hydrogens (tertiary/aromatic N) is 1. The van der Waals surface area contributed by atoms with E-state index in [0.717, 1.165) is 6.07 Å². The first-order valence-corrected chi connectivity index (χ1v) is 9.68. The molecule has 0 aliphatic carbocycles. The van der Waals surface area contributed by atoms with Crippen LogP contribution in [0.15, 0.2) is 59.7 Å². The third-order valence-electron chi connectivity index (χ3n) is 3.94. The summed E-state index contributed by atoms with van der Waals surface area (Å²) in [7, 11) is 0. The summed E-state index contributed by atoms with van der Waals surface area (Å²) in [5.74, 6) is -0.658. The minimum absolute atomic E-state index is 0.0422. The molecule has 9 heteroatoms. The molecule has 3 N–H and O–H groups in total. The molecule has 0 saturated carbocycles.